The number of carbonyl (C=O) groups is 2. The highest BCUT2D eigenvalue weighted by molar-refractivity contribution is 7.99. The maximum absolute atomic E-state index is 13.3. The molecule has 2 aromatic heterocycles. The third kappa shape index (κ3) is 4.99. The second-order valence-corrected chi connectivity index (χ2v) is 9.35. The minimum atomic E-state index is -0.243. The normalized spacial score (nSPS) is 10.9. The largest absolute Gasteiger partial charge is 0.326 e. The van der Waals surface area contributed by atoms with Gasteiger partial charge in [-0.2, -0.15) is 0 Å². The minimum Gasteiger partial charge on any atom is -0.326 e. The van der Waals surface area contributed by atoms with Crippen LogP contribution in [-0.4, -0.2) is 27.1 Å². The Bertz CT molecular complexity index is 1420. The number of benzene rings is 2. The van der Waals surface area contributed by atoms with Gasteiger partial charge in [0.05, 0.1) is 17.0 Å². The summed E-state index contributed by atoms with van der Waals surface area (Å²) >= 11 is 2.56. The molecule has 0 aliphatic heterocycles. The number of fused-ring (bicyclic) bond motifs is 1. The van der Waals surface area contributed by atoms with Gasteiger partial charge in [0.1, 0.15) is 4.70 Å². The molecule has 0 unspecified atom stereocenters. The topological polar surface area (TPSA) is 93.1 Å². The Labute approximate surface area is 198 Å². The van der Waals surface area contributed by atoms with Gasteiger partial charge >= 0.3 is 0 Å². The number of hydrogen-bond donors (Lipinski definition) is 2. The molecule has 0 saturated heterocycles. The van der Waals surface area contributed by atoms with Crippen LogP contribution in [0.3, 0.4) is 0 Å². The Kier molecular flexibility index (Phi) is 6.62. The van der Waals surface area contributed by atoms with Crippen LogP contribution in [0.2, 0.25) is 0 Å². The van der Waals surface area contributed by atoms with Crippen LogP contribution in [0.1, 0.15) is 18.1 Å². The Hall–Kier alpha value is -3.43. The fourth-order valence-corrected chi connectivity index (χ4v) is 4.95. The summed E-state index contributed by atoms with van der Waals surface area (Å²) in [5.41, 5.74) is 4.46. The van der Waals surface area contributed by atoms with Gasteiger partial charge < -0.3 is 10.6 Å². The highest BCUT2D eigenvalue weighted by Gasteiger charge is 2.17. The second-order valence-electron chi connectivity index (χ2n) is 7.49. The average molecular weight is 479 g/mol. The first-order valence-corrected chi connectivity index (χ1v) is 12.1. The predicted molar refractivity (Wildman–Crippen MR) is 135 cm³/mol. The number of hydrogen-bond acceptors (Lipinski definition) is 6. The van der Waals surface area contributed by atoms with Crippen molar-refractivity contribution >= 4 is 56.5 Å². The zero-order valence-corrected chi connectivity index (χ0v) is 20.0. The number of aromatic nitrogens is 2. The standard InChI is InChI=1S/C24H22N4O3S2/c1-14-6-4-9-20(15(14)2)28-23(31)22-19(10-11-32-22)27-24(28)33-13-21(30)26-18-8-5-7-17(12-18)25-16(3)29/h4-12H,13H2,1-3H3,(H,25,29)(H,26,30). The molecule has 0 bridgehead atoms. The molecule has 4 aromatic rings. The molecule has 0 aliphatic rings. The van der Waals surface area contributed by atoms with E-state index in [2.05, 4.69) is 15.6 Å². The van der Waals surface area contributed by atoms with E-state index < -0.39 is 0 Å². The van der Waals surface area contributed by atoms with Crippen molar-refractivity contribution < 1.29 is 9.59 Å². The molecule has 4 rings (SSSR count). The third-order valence-corrected chi connectivity index (χ3v) is 6.90. The summed E-state index contributed by atoms with van der Waals surface area (Å²) in [7, 11) is 0. The van der Waals surface area contributed by atoms with Crippen LogP contribution in [0.4, 0.5) is 11.4 Å². The van der Waals surface area contributed by atoms with E-state index in [1.54, 1.807) is 28.8 Å². The van der Waals surface area contributed by atoms with E-state index >= 15 is 0 Å². The maximum Gasteiger partial charge on any atom is 0.276 e. The summed E-state index contributed by atoms with van der Waals surface area (Å²) in [6, 6.07) is 14.5. The molecule has 7 nitrogen and oxygen atoms in total. The van der Waals surface area contributed by atoms with Gasteiger partial charge in [0.15, 0.2) is 5.16 Å². The average Bonchev–Trinajstić information content (AvgIpc) is 3.24. The Balaban J connectivity index is 1.61. The highest BCUT2D eigenvalue weighted by atomic mass is 32.2. The molecule has 2 amide bonds. The molecule has 0 fully saturated rings. The van der Waals surface area contributed by atoms with Crippen molar-refractivity contribution in [1.82, 2.24) is 9.55 Å². The van der Waals surface area contributed by atoms with Gasteiger partial charge in [0, 0.05) is 18.3 Å². The molecule has 0 spiro atoms. The summed E-state index contributed by atoms with van der Waals surface area (Å²) in [5, 5.41) is 7.82. The molecular weight excluding hydrogens is 456 g/mol. The number of thiophene rings is 1. The molecule has 0 aliphatic carbocycles. The van der Waals surface area contributed by atoms with Crippen LogP contribution >= 0.6 is 23.1 Å². The van der Waals surface area contributed by atoms with E-state index in [0.29, 0.717) is 26.7 Å². The van der Waals surface area contributed by atoms with Crippen molar-refractivity contribution in [2.75, 3.05) is 16.4 Å². The van der Waals surface area contributed by atoms with Gasteiger partial charge in [-0.15, -0.1) is 11.3 Å². The second kappa shape index (κ2) is 9.60. The van der Waals surface area contributed by atoms with Crippen LogP contribution < -0.4 is 16.2 Å². The number of amides is 2. The van der Waals surface area contributed by atoms with Gasteiger partial charge in [-0.25, -0.2) is 4.98 Å². The lowest BCUT2D eigenvalue weighted by Crippen LogP contribution is -2.23. The summed E-state index contributed by atoms with van der Waals surface area (Å²) < 4.78 is 2.18. The van der Waals surface area contributed by atoms with Crippen LogP contribution in [0.25, 0.3) is 15.9 Å². The summed E-state index contributed by atoms with van der Waals surface area (Å²) in [5.74, 6) is -0.363. The van der Waals surface area contributed by atoms with Crippen LogP contribution in [0.5, 0.6) is 0 Å². The number of nitrogens with one attached hydrogen (secondary N) is 2. The SMILES string of the molecule is CC(=O)Nc1cccc(NC(=O)CSc2nc3ccsc3c(=O)n2-c2cccc(C)c2C)c1. The highest BCUT2D eigenvalue weighted by Crippen LogP contribution is 2.26. The Morgan fingerprint density at radius 3 is 2.55 bits per heavy atom. The number of thioether (sulfide) groups is 1. The first-order valence-electron chi connectivity index (χ1n) is 10.2. The number of carbonyl (C=O) groups excluding carboxylic acids is 2. The van der Waals surface area contributed by atoms with E-state index in [-0.39, 0.29) is 23.1 Å². The lowest BCUT2D eigenvalue weighted by molar-refractivity contribution is -0.114. The first-order chi connectivity index (χ1) is 15.8. The van der Waals surface area contributed by atoms with Gasteiger partial charge in [0.2, 0.25) is 11.8 Å². The predicted octanol–water partition coefficient (Wildman–Crippen LogP) is 4.75. The minimum absolute atomic E-state index is 0.0668. The van der Waals surface area contributed by atoms with Crippen LogP contribution in [0.15, 0.2) is 63.9 Å². The monoisotopic (exact) mass is 478 g/mol. The fraction of sp³-hybridized carbons (Fsp3) is 0.167. The lowest BCUT2D eigenvalue weighted by Gasteiger charge is -2.15. The fourth-order valence-electron chi connectivity index (χ4n) is 3.38. The smallest absolute Gasteiger partial charge is 0.276 e. The van der Waals surface area contributed by atoms with Crippen molar-refractivity contribution in [2.45, 2.75) is 25.9 Å². The zero-order chi connectivity index (χ0) is 23.5. The van der Waals surface area contributed by atoms with E-state index in [1.807, 2.05) is 43.5 Å². The van der Waals surface area contributed by atoms with Gasteiger partial charge in [-0.1, -0.05) is 30.0 Å². The van der Waals surface area contributed by atoms with E-state index in [0.717, 1.165) is 16.8 Å². The van der Waals surface area contributed by atoms with Crippen LogP contribution in [-0.2, 0) is 9.59 Å². The summed E-state index contributed by atoms with van der Waals surface area (Å²) in [6.07, 6.45) is 0. The zero-order valence-electron chi connectivity index (χ0n) is 18.3. The molecule has 9 heteroatoms. The number of aryl methyl sites for hydroxylation is 1. The van der Waals surface area contributed by atoms with Gasteiger partial charge in [-0.3, -0.25) is 19.0 Å². The number of anilines is 2. The Morgan fingerprint density at radius 1 is 1.06 bits per heavy atom. The quantitative estimate of drug-likeness (QED) is 0.308. The van der Waals surface area contributed by atoms with E-state index in [1.165, 1.54) is 30.0 Å². The van der Waals surface area contributed by atoms with E-state index in [9.17, 15) is 14.4 Å². The molecule has 2 heterocycles. The molecule has 0 atom stereocenters. The van der Waals surface area contributed by atoms with Crippen molar-refractivity contribution in [3.05, 3.63) is 75.4 Å². The molecule has 33 heavy (non-hydrogen) atoms. The van der Waals surface area contributed by atoms with Gasteiger partial charge in [-0.05, 0) is 60.7 Å². The van der Waals surface area contributed by atoms with Gasteiger partial charge in [0.25, 0.3) is 5.56 Å². The molecule has 0 radical (unpaired) electrons. The number of nitrogens with zero attached hydrogens (tertiary/aromatic N) is 2. The molecular formula is C24H22N4O3S2. The maximum atomic E-state index is 13.3. The van der Waals surface area contributed by atoms with E-state index in [4.69, 9.17) is 0 Å². The van der Waals surface area contributed by atoms with Crippen molar-refractivity contribution in [2.24, 2.45) is 0 Å². The Morgan fingerprint density at radius 2 is 1.79 bits per heavy atom. The number of rotatable bonds is 6. The molecule has 2 aromatic carbocycles. The molecule has 2 N–H and O–H groups in total. The van der Waals surface area contributed by atoms with Crippen molar-refractivity contribution in [1.29, 1.82) is 0 Å². The van der Waals surface area contributed by atoms with Crippen LogP contribution in [0, 0.1) is 13.8 Å². The summed E-state index contributed by atoms with van der Waals surface area (Å²) in [4.78, 5) is 41.9. The third-order valence-electron chi connectivity index (χ3n) is 5.07. The summed E-state index contributed by atoms with van der Waals surface area (Å²) in [6.45, 7) is 5.39. The molecule has 0 saturated carbocycles. The van der Waals surface area contributed by atoms with Crippen molar-refractivity contribution in [3.63, 3.8) is 0 Å². The first kappa shape index (κ1) is 22.8. The lowest BCUT2D eigenvalue weighted by atomic mass is 10.1. The van der Waals surface area contributed by atoms with Crippen molar-refractivity contribution in [3.8, 4) is 5.69 Å². The molecule has 168 valence electrons.